The summed E-state index contributed by atoms with van der Waals surface area (Å²) >= 11 is 0. The SMILES string of the molecule is CCOC(=O)c1cc2cc(CC(=O)[C@@H]3[C@@H](c4ccccc4)CCN3C(=O)C3CCC(C(C)N)CC3)ccc2o1.COC(=O)c1cc(F)c(CC(=O)[C@@H]2[C@@H](c3ccccc3)CCN2C(=O)C2CCC(CN)CC2)cc1F.COC(=O)c1ccc(CC(=O)[C@@H]2[C@@H](C3CCCCC3)CCN2C(=O)C2CCC(C(C)N)CC2)c(F)c1.COC(=O)c1ccc(CC(=O)[C@@H]2[C@H](C3CCCCC3)CCN2C(=O)C2CCC(CN)CC2)c(F)c1.Cl.Cl.Cl.Cl. The number of hydrogen-bond acceptors (Lipinski definition) is 21. The highest BCUT2D eigenvalue weighted by Crippen LogP contribution is 2.47. The number of esters is 4. The van der Waals surface area contributed by atoms with Gasteiger partial charge in [0.2, 0.25) is 29.4 Å². The van der Waals surface area contributed by atoms with Gasteiger partial charge in [-0.1, -0.05) is 143 Å². The highest BCUT2D eigenvalue weighted by atomic mass is 35.5. The molecule has 8 N–H and O–H groups in total. The molecule has 6 aliphatic carbocycles. The van der Waals surface area contributed by atoms with Crippen LogP contribution in [0, 0.1) is 94.3 Å². The van der Waals surface area contributed by atoms with E-state index in [4.69, 9.17) is 32.1 Å². The first kappa shape index (κ1) is 122. The van der Waals surface area contributed by atoms with Crippen LogP contribution < -0.4 is 22.9 Å². The second-order valence-corrected chi connectivity index (χ2v) is 42.9. The summed E-state index contributed by atoms with van der Waals surface area (Å²) in [6, 6.07) is 34.6. The van der Waals surface area contributed by atoms with Crippen LogP contribution in [0.4, 0.5) is 17.6 Å². The van der Waals surface area contributed by atoms with Gasteiger partial charge >= 0.3 is 23.9 Å². The third kappa shape index (κ3) is 30.0. The molecule has 5 heterocycles. The van der Waals surface area contributed by atoms with Gasteiger partial charge < -0.3 is 65.9 Å². The molecule has 4 aliphatic heterocycles. The number of carbonyl (C=O) groups is 12. The van der Waals surface area contributed by atoms with E-state index < -0.39 is 76.9 Å². The van der Waals surface area contributed by atoms with E-state index >= 15 is 0 Å². The van der Waals surface area contributed by atoms with E-state index in [0.29, 0.717) is 86.8 Å². The molecule has 7 aromatic rings. The van der Waals surface area contributed by atoms with Gasteiger partial charge in [0.05, 0.1) is 68.8 Å². The topological polar surface area (TPSA) is 372 Å². The number of ether oxygens (including phenoxy) is 4. The summed E-state index contributed by atoms with van der Waals surface area (Å²) in [5, 5.41) is 0.744. The highest BCUT2D eigenvalue weighted by molar-refractivity contribution is 5.98. The molecule has 0 bridgehead atoms. The summed E-state index contributed by atoms with van der Waals surface area (Å²) in [5.41, 5.74) is 27.3. The standard InChI is InChI=1S/C32H38N2O5.C29H41FN2O4.C28H32F2N2O4.C28H39FN2O4.4ClH/c1-3-38-32(37)29-19-25-17-21(9-14-28(25)39-29)18-27(35)30-26(23-7-5-4-6-8-23)15-16-34(30)31(36)24-12-10-22(11-13-24)20(2)33;1-18(31)19-8-10-21(11-9-19)28(34)32-15-14-24(20-6-4-3-5-7-20)27(32)26(33)17-22-12-13-23(16-25(22)30)29(35)36-2;1-36-28(35)22-15-23(29)20(13-24(22)30)14-25(33)26-21(18-5-3-2-4-6-18)11-12-32(26)27(34)19-9-7-17(16-31)8-10-19;1-35-28(34)22-12-11-21(24(29)15-22)16-25(32)26-23(19-5-3-2-4-6-19)13-14-31(26)27(33)20-9-7-18(17-30)8-10-20;;;;/h4-9,14,17,19-20,22,24,26,30H,3,10-13,15-16,18,33H2,1-2H3;12-13,16,18-21,24,27H,3-11,14-15,17,31H2,1-2H3;2-6,13,15,17,19,21,26H,7-12,14,16,31H2,1H3;11-12,15,18-20,23,26H,2-10,13-14,16-17,30H2,1H3;4*1H/t20?,22?,24?,26-,30+;18?,19?,21?,24-,27+;17?,19?,21-,26+;18?,20?,23-,26-;;;;/m1110..../s1. The fourth-order valence-electron chi connectivity index (χ4n) is 25.6. The first-order chi connectivity index (χ1) is 70.4. The smallest absolute Gasteiger partial charge is 0.374 e. The van der Waals surface area contributed by atoms with Crippen LogP contribution in [0.1, 0.15) is 300 Å². The van der Waals surface area contributed by atoms with Crippen LogP contribution in [-0.4, -0.2) is 194 Å². The maximum Gasteiger partial charge on any atom is 0.374 e. The summed E-state index contributed by atoms with van der Waals surface area (Å²) in [6.45, 7) is 9.60. The van der Waals surface area contributed by atoms with Crippen molar-refractivity contribution in [2.24, 2.45) is 93.9 Å². The zero-order valence-electron chi connectivity index (χ0n) is 87.4. The lowest BCUT2D eigenvalue weighted by Gasteiger charge is -2.36. The summed E-state index contributed by atoms with van der Waals surface area (Å²) in [7, 11) is 3.57. The number of nitrogens with two attached hydrogens (primary N) is 4. The molecule has 2 unspecified atom stereocenters. The number of carbonyl (C=O) groups excluding carboxylic acids is 12. The molecule has 6 saturated carbocycles. The Balaban J connectivity index is 0.000000203. The lowest BCUT2D eigenvalue weighted by atomic mass is 9.75. The molecule has 10 atom stereocenters. The van der Waals surface area contributed by atoms with Gasteiger partial charge in [0.15, 0.2) is 23.1 Å². The Morgan fingerprint density at radius 1 is 0.367 bits per heavy atom. The minimum atomic E-state index is -0.995. The monoisotopic (exact) mass is 2160 g/mol. The second-order valence-electron chi connectivity index (χ2n) is 42.9. The number of likely N-dealkylation sites (tertiary alicyclic amines) is 4. The van der Waals surface area contributed by atoms with Crippen molar-refractivity contribution < 1.29 is 98.5 Å². The Morgan fingerprint density at radius 3 is 1.10 bits per heavy atom. The summed E-state index contributed by atoms with van der Waals surface area (Å²) in [5.74, 6) is -3.43. The number of amides is 4. The molecule has 6 aromatic carbocycles. The highest BCUT2D eigenvalue weighted by Gasteiger charge is 2.52. The van der Waals surface area contributed by atoms with Gasteiger partial charge in [-0.15, -0.1) is 49.6 Å². The number of furan rings is 1. The van der Waals surface area contributed by atoms with Crippen LogP contribution in [-0.2, 0) is 83.0 Å². The zero-order chi connectivity index (χ0) is 104. The first-order valence-corrected chi connectivity index (χ1v) is 53.7. The number of fused-ring (bicyclic) bond motifs is 1. The molecule has 0 radical (unpaired) electrons. The van der Waals surface area contributed by atoms with Crippen molar-refractivity contribution >= 4 is 131 Å². The number of nitrogens with zero attached hydrogens (tertiary/aromatic N) is 4. The molecular formula is C117H154Cl4F4N8O17. The van der Waals surface area contributed by atoms with Crippen LogP contribution in [0.25, 0.3) is 11.0 Å². The van der Waals surface area contributed by atoms with Gasteiger partial charge in [-0.3, -0.25) is 38.4 Å². The lowest BCUT2D eigenvalue weighted by Crippen LogP contribution is -2.48. The Kier molecular flexibility index (Phi) is 47.0. The van der Waals surface area contributed by atoms with E-state index in [2.05, 4.69) is 26.3 Å². The number of Topliss-reactive ketones (excluding diaryl/α,β-unsaturated/α-hetero) is 4. The van der Waals surface area contributed by atoms with E-state index in [1.807, 2.05) is 89.2 Å². The summed E-state index contributed by atoms with van der Waals surface area (Å²) < 4.78 is 83.4. The van der Waals surface area contributed by atoms with Crippen molar-refractivity contribution in [2.45, 2.75) is 287 Å². The first-order valence-electron chi connectivity index (χ1n) is 53.7. The quantitative estimate of drug-likeness (QED) is 0.0192. The minimum Gasteiger partial charge on any atom is -0.465 e. The van der Waals surface area contributed by atoms with E-state index in [1.54, 1.807) is 24.0 Å². The minimum absolute atomic E-state index is 0. The Morgan fingerprint density at radius 2 is 0.727 bits per heavy atom. The van der Waals surface area contributed by atoms with Gasteiger partial charge in [-0.05, 0) is 298 Å². The van der Waals surface area contributed by atoms with E-state index in [0.717, 1.165) is 201 Å². The molecule has 17 rings (SSSR count). The van der Waals surface area contributed by atoms with Gasteiger partial charge in [0.1, 0.15) is 28.9 Å². The number of hydrogen-bond donors (Lipinski definition) is 4. The molecule has 4 saturated heterocycles. The number of ketones is 4. The number of methoxy groups -OCH3 is 3. The molecular weight excluding hydrogens is 2010 g/mol. The van der Waals surface area contributed by atoms with E-state index in [-0.39, 0.29) is 222 Å². The molecule has 150 heavy (non-hydrogen) atoms. The van der Waals surface area contributed by atoms with Crippen molar-refractivity contribution in [3.8, 4) is 0 Å². The van der Waals surface area contributed by atoms with Gasteiger partial charge in [-0.2, -0.15) is 0 Å². The predicted octanol–water partition coefficient (Wildman–Crippen LogP) is 19.9. The molecule has 25 nitrogen and oxygen atoms in total. The fourth-order valence-corrected chi connectivity index (χ4v) is 25.6. The average molecular weight is 2160 g/mol. The Hall–Kier alpha value is -9.98. The third-order valence-corrected chi connectivity index (χ3v) is 33.9. The van der Waals surface area contributed by atoms with E-state index in [1.165, 1.54) is 77.0 Å². The summed E-state index contributed by atoms with van der Waals surface area (Å²) in [4.78, 5) is 164. The number of rotatable bonds is 29. The molecule has 0 spiro atoms. The van der Waals surface area contributed by atoms with Crippen molar-refractivity contribution in [2.75, 3.05) is 67.2 Å². The third-order valence-electron chi connectivity index (χ3n) is 33.9. The number of benzene rings is 6. The van der Waals surface area contributed by atoms with Crippen LogP contribution in [0.15, 0.2) is 138 Å². The maximum absolute atomic E-state index is 14.8. The van der Waals surface area contributed by atoms with E-state index in [9.17, 15) is 75.1 Å². The largest absolute Gasteiger partial charge is 0.465 e. The molecule has 10 aliphatic rings. The Bertz CT molecular complexity index is 5700. The van der Waals surface area contributed by atoms with Crippen molar-refractivity contribution in [3.63, 3.8) is 0 Å². The van der Waals surface area contributed by atoms with Gasteiger partial charge in [0, 0.05) is 105 Å². The fraction of sp³-hybridized carbons (Fsp3) is 0.573. The van der Waals surface area contributed by atoms with Gasteiger partial charge in [0.25, 0.3) is 0 Å². The number of halogens is 8. The predicted molar refractivity (Wildman–Crippen MR) is 575 cm³/mol. The Labute approximate surface area is 904 Å². The van der Waals surface area contributed by atoms with Crippen LogP contribution in [0.5, 0.6) is 0 Å². The van der Waals surface area contributed by atoms with Crippen molar-refractivity contribution in [1.82, 2.24) is 19.6 Å². The van der Waals surface area contributed by atoms with Crippen LogP contribution in [0.3, 0.4) is 0 Å². The van der Waals surface area contributed by atoms with Crippen molar-refractivity contribution in [1.29, 1.82) is 0 Å². The molecule has 4 amide bonds. The molecule has 1 aromatic heterocycles. The van der Waals surface area contributed by atoms with Crippen molar-refractivity contribution in [3.05, 3.63) is 213 Å². The lowest BCUT2D eigenvalue weighted by molar-refractivity contribution is -0.143. The normalized spacial score (nSPS) is 25.2. The molecule has 10 fully saturated rings. The second kappa shape index (κ2) is 57.8. The maximum atomic E-state index is 14.8. The van der Waals surface area contributed by atoms with Crippen LogP contribution >= 0.6 is 49.6 Å². The van der Waals surface area contributed by atoms with Crippen LogP contribution in [0.2, 0.25) is 0 Å². The molecule has 820 valence electrons. The zero-order valence-corrected chi connectivity index (χ0v) is 90.7. The average Bonchev–Trinajstić information content (AvgIpc) is 1.64. The molecule has 33 heteroatoms. The summed E-state index contributed by atoms with van der Waals surface area (Å²) in [6.07, 6.45) is 28.2. The van der Waals surface area contributed by atoms with Gasteiger partial charge in [-0.25, -0.2) is 36.7 Å².